The van der Waals surface area contributed by atoms with Gasteiger partial charge in [0.25, 0.3) is 0 Å². The quantitative estimate of drug-likeness (QED) is 0.496. The fraction of sp³-hybridized carbons (Fsp3) is 0.333. The molecule has 0 aliphatic rings. The lowest BCUT2D eigenvalue weighted by molar-refractivity contribution is -0.174. The number of carboxylic acid groups (broad SMARTS) is 3. The second kappa shape index (κ2) is 6.91. The van der Waals surface area contributed by atoms with Crippen LogP contribution in [0.15, 0.2) is 24.3 Å². The summed E-state index contributed by atoms with van der Waals surface area (Å²) in [5.74, 6) is -7.63. The molecule has 8 nitrogen and oxygen atoms in total. The van der Waals surface area contributed by atoms with Crippen LogP contribution >= 0.6 is 0 Å². The number of rotatable bonds is 7. The van der Waals surface area contributed by atoms with Gasteiger partial charge in [-0.05, 0) is 25.0 Å². The maximum Gasteiger partial charge on any atom is 0.338 e. The van der Waals surface area contributed by atoms with Crippen molar-refractivity contribution in [1.29, 1.82) is 0 Å². The maximum absolute atomic E-state index is 11.7. The molecule has 0 aromatic heterocycles. The van der Waals surface area contributed by atoms with Crippen molar-refractivity contribution in [2.45, 2.75) is 13.3 Å². The molecule has 0 aliphatic carbocycles. The van der Waals surface area contributed by atoms with Crippen LogP contribution in [0.25, 0.3) is 0 Å². The molecule has 1 unspecified atom stereocenters. The highest BCUT2D eigenvalue weighted by Gasteiger charge is 2.52. The number of carbonyl (C=O) groups is 4. The molecule has 3 N–H and O–H groups in total. The number of benzene rings is 1. The Morgan fingerprint density at radius 2 is 1.61 bits per heavy atom. The molecule has 1 atom stereocenters. The van der Waals surface area contributed by atoms with E-state index in [0.717, 1.165) is 14.0 Å². The molecule has 124 valence electrons. The molecule has 0 heterocycles. The fourth-order valence-corrected chi connectivity index (χ4v) is 2.16. The summed E-state index contributed by atoms with van der Waals surface area (Å²) < 4.78 is 4.58. The van der Waals surface area contributed by atoms with Crippen molar-refractivity contribution in [3.63, 3.8) is 0 Å². The Hall–Kier alpha value is -2.90. The molecule has 0 saturated heterocycles. The summed E-state index contributed by atoms with van der Waals surface area (Å²) in [6.45, 7) is 0.831. The summed E-state index contributed by atoms with van der Waals surface area (Å²) in [7, 11) is 1.15. The minimum absolute atomic E-state index is 0.0550. The van der Waals surface area contributed by atoms with Gasteiger partial charge in [0.1, 0.15) is 0 Å². The third kappa shape index (κ3) is 3.47. The first-order valence-electron chi connectivity index (χ1n) is 6.52. The van der Waals surface area contributed by atoms with E-state index in [0.29, 0.717) is 0 Å². The van der Waals surface area contributed by atoms with Crippen LogP contribution in [0, 0.1) is 11.3 Å². The topological polar surface area (TPSA) is 138 Å². The van der Waals surface area contributed by atoms with Crippen LogP contribution in [0.2, 0.25) is 0 Å². The number of ether oxygens (including phenoxy) is 1. The minimum atomic E-state index is -2.55. The van der Waals surface area contributed by atoms with E-state index in [4.69, 9.17) is 0 Å². The van der Waals surface area contributed by atoms with Crippen LogP contribution in [0.4, 0.5) is 0 Å². The predicted molar refractivity (Wildman–Crippen MR) is 76.0 cm³/mol. The molecule has 1 aromatic rings. The van der Waals surface area contributed by atoms with Gasteiger partial charge in [0.05, 0.1) is 18.6 Å². The zero-order chi connectivity index (χ0) is 17.8. The van der Waals surface area contributed by atoms with E-state index in [2.05, 4.69) is 4.74 Å². The molecule has 8 heteroatoms. The molecule has 1 rings (SSSR count). The van der Waals surface area contributed by atoms with Crippen LogP contribution in [0.5, 0.6) is 0 Å². The van der Waals surface area contributed by atoms with Crippen molar-refractivity contribution in [2.75, 3.05) is 7.11 Å². The number of aliphatic carboxylic acids is 3. The molecule has 0 bridgehead atoms. The molecule has 1 aromatic carbocycles. The largest absolute Gasteiger partial charge is 0.481 e. The Bertz CT molecular complexity index is 635. The average Bonchev–Trinajstić information content (AvgIpc) is 2.50. The summed E-state index contributed by atoms with van der Waals surface area (Å²) in [6.07, 6.45) is -0.449. The van der Waals surface area contributed by atoms with E-state index in [-0.39, 0.29) is 11.1 Å². The van der Waals surface area contributed by atoms with Crippen molar-refractivity contribution in [3.05, 3.63) is 35.4 Å². The second-order valence-electron chi connectivity index (χ2n) is 5.06. The Kier molecular flexibility index (Phi) is 5.45. The normalized spacial score (nSPS) is 12.3. The number of carboxylic acids is 3. The van der Waals surface area contributed by atoms with Crippen LogP contribution in [-0.4, -0.2) is 46.3 Å². The predicted octanol–water partition coefficient (Wildman–Crippen LogP) is 0.892. The SMILES string of the molecule is COC(=O)c1ccccc1CC(C(=O)O)C(C)(C(=O)O)C(=O)O. The van der Waals surface area contributed by atoms with Gasteiger partial charge >= 0.3 is 23.9 Å². The molecular weight excluding hydrogens is 308 g/mol. The number of carbonyl (C=O) groups excluding carboxylic acids is 1. The molecule has 23 heavy (non-hydrogen) atoms. The van der Waals surface area contributed by atoms with Crippen molar-refractivity contribution in [3.8, 4) is 0 Å². The average molecular weight is 324 g/mol. The summed E-state index contributed by atoms with van der Waals surface area (Å²) >= 11 is 0. The first kappa shape index (κ1) is 18.1. The Balaban J connectivity index is 3.36. The third-order valence-corrected chi connectivity index (χ3v) is 3.73. The Morgan fingerprint density at radius 1 is 1.09 bits per heavy atom. The number of esters is 1. The van der Waals surface area contributed by atoms with E-state index >= 15 is 0 Å². The smallest absolute Gasteiger partial charge is 0.338 e. The highest BCUT2D eigenvalue weighted by atomic mass is 16.5. The molecule has 0 saturated carbocycles. The van der Waals surface area contributed by atoms with Crippen molar-refractivity contribution >= 4 is 23.9 Å². The van der Waals surface area contributed by atoms with E-state index in [1.807, 2.05) is 0 Å². The first-order valence-corrected chi connectivity index (χ1v) is 6.52. The van der Waals surface area contributed by atoms with Gasteiger partial charge in [-0.15, -0.1) is 0 Å². The summed E-state index contributed by atoms with van der Waals surface area (Å²) in [4.78, 5) is 45.8. The van der Waals surface area contributed by atoms with Crippen molar-refractivity contribution in [1.82, 2.24) is 0 Å². The Labute approximate surface area is 131 Å². The fourth-order valence-electron chi connectivity index (χ4n) is 2.16. The van der Waals surface area contributed by atoms with Crippen LogP contribution < -0.4 is 0 Å². The maximum atomic E-state index is 11.7. The van der Waals surface area contributed by atoms with Gasteiger partial charge < -0.3 is 20.1 Å². The molecular formula is C15H16O8. The number of hydrogen-bond donors (Lipinski definition) is 3. The van der Waals surface area contributed by atoms with Crippen LogP contribution in [-0.2, 0) is 25.5 Å². The van der Waals surface area contributed by atoms with Gasteiger partial charge in [-0.3, -0.25) is 14.4 Å². The van der Waals surface area contributed by atoms with E-state index in [1.54, 1.807) is 0 Å². The lowest BCUT2D eigenvalue weighted by Gasteiger charge is -2.27. The van der Waals surface area contributed by atoms with Gasteiger partial charge in [0.2, 0.25) is 0 Å². The second-order valence-corrected chi connectivity index (χ2v) is 5.06. The Morgan fingerprint density at radius 3 is 2.04 bits per heavy atom. The monoisotopic (exact) mass is 324 g/mol. The molecule has 0 spiro atoms. The van der Waals surface area contributed by atoms with Gasteiger partial charge in [0, 0.05) is 0 Å². The van der Waals surface area contributed by atoms with Gasteiger partial charge in [-0.25, -0.2) is 4.79 Å². The lowest BCUT2D eigenvalue weighted by atomic mass is 9.73. The van der Waals surface area contributed by atoms with Crippen molar-refractivity contribution < 1.29 is 39.2 Å². The summed E-state index contributed by atoms with van der Waals surface area (Å²) in [5, 5.41) is 27.7. The highest BCUT2D eigenvalue weighted by molar-refractivity contribution is 6.02. The highest BCUT2D eigenvalue weighted by Crippen LogP contribution is 2.32. The van der Waals surface area contributed by atoms with Gasteiger partial charge in [0.15, 0.2) is 5.41 Å². The van der Waals surface area contributed by atoms with Crippen LogP contribution in [0.3, 0.4) is 0 Å². The first-order chi connectivity index (χ1) is 10.7. The lowest BCUT2D eigenvalue weighted by Crippen LogP contribution is -2.47. The zero-order valence-electron chi connectivity index (χ0n) is 12.5. The summed E-state index contributed by atoms with van der Waals surface area (Å²) in [6, 6.07) is 5.87. The molecule has 0 aliphatic heterocycles. The number of hydrogen-bond acceptors (Lipinski definition) is 5. The van der Waals surface area contributed by atoms with E-state index < -0.39 is 41.6 Å². The van der Waals surface area contributed by atoms with Gasteiger partial charge in [-0.2, -0.15) is 0 Å². The van der Waals surface area contributed by atoms with E-state index in [9.17, 15) is 34.5 Å². The molecule has 0 radical (unpaired) electrons. The zero-order valence-corrected chi connectivity index (χ0v) is 12.5. The summed E-state index contributed by atoms with van der Waals surface area (Å²) in [5.41, 5.74) is -2.30. The van der Waals surface area contributed by atoms with Crippen LogP contribution in [0.1, 0.15) is 22.8 Å². The minimum Gasteiger partial charge on any atom is -0.481 e. The standard InChI is InChI=1S/C15H16O8/c1-15(13(19)20,14(21)22)10(11(16)17)7-8-5-3-4-6-9(8)12(18)23-2/h3-6,10H,7H2,1-2H3,(H,16,17)(H,19,20)(H,21,22). The van der Waals surface area contributed by atoms with Gasteiger partial charge in [-0.1, -0.05) is 18.2 Å². The molecule has 0 amide bonds. The molecule has 0 fully saturated rings. The third-order valence-electron chi connectivity index (χ3n) is 3.73. The van der Waals surface area contributed by atoms with E-state index in [1.165, 1.54) is 24.3 Å². The van der Waals surface area contributed by atoms with Crippen molar-refractivity contribution in [2.24, 2.45) is 11.3 Å². The number of methoxy groups -OCH3 is 1.